The summed E-state index contributed by atoms with van der Waals surface area (Å²) in [4.78, 5) is 20.8. The van der Waals surface area contributed by atoms with Gasteiger partial charge in [0.05, 0.1) is 27.2 Å². The highest BCUT2D eigenvalue weighted by Crippen LogP contribution is 1.99. The monoisotopic (exact) mass is 253 g/mol. The van der Waals surface area contributed by atoms with Crippen LogP contribution >= 0.6 is 0 Å². The normalized spacial score (nSPS) is 11.6. The minimum absolute atomic E-state index is 0. The Balaban J connectivity index is 0. The smallest absolute Gasteiger partial charge is 0.371 e. The van der Waals surface area contributed by atoms with Crippen LogP contribution in [0.3, 0.4) is 0 Å². The van der Waals surface area contributed by atoms with Gasteiger partial charge in [-0.25, -0.2) is 9.59 Å². The summed E-state index contributed by atoms with van der Waals surface area (Å²) < 4.78 is 5.47. The third-order valence-electron chi connectivity index (χ3n) is 1.49. The Morgan fingerprint density at radius 3 is 2.06 bits per heavy atom. The minimum Gasteiger partial charge on any atom is -1.00 e. The predicted molar refractivity (Wildman–Crippen MR) is 52.2 cm³/mol. The molecule has 0 amide bonds. The molecule has 0 radical (unpaired) electrons. The van der Waals surface area contributed by atoms with Gasteiger partial charge in [0, 0.05) is 0 Å². The molecular formula is C9H16ClNO5. The summed E-state index contributed by atoms with van der Waals surface area (Å²) in [5.74, 6) is -3.26. The second kappa shape index (κ2) is 7.08. The molecule has 0 fully saturated rings. The van der Waals surface area contributed by atoms with Gasteiger partial charge in [-0.2, -0.15) is 0 Å². The zero-order chi connectivity index (χ0) is 12.1. The van der Waals surface area contributed by atoms with E-state index in [1.807, 2.05) is 21.1 Å². The Morgan fingerprint density at radius 2 is 1.75 bits per heavy atom. The Kier molecular flexibility index (Phi) is 7.58. The van der Waals surface area contributed by atoms with E-state index in [2.05, 4.69) is 0 Å². The lowest BCUT2D eigenvalue weighted by Gasteiger charge is -2.23. The molecule has 2 N–H and O–H groups in total. The third-order valence-corrected chi connectivity index (χ3v) is 1.49. The highest BCUT2D eigenvalue weighted by molar-refractivity contribution is 5.92. The van der Waals surface area contributed by atoms with Crippen molar-refractivity contribution in [3.8, 4) is 0 Å². The fourth-order valence-electron chi connectivity index (χ4n) is 0.707. The van der Waals surface area contributed by atoms with Gasteiger partial charge in [0.1, 0.15) is 13.2 Å². The second-order valence-electron chi connectivity index (χ2n) is 4.01. The number of halogens is 1. The SMILES string of the molecule is C[N+](C)(C)CCO/C(=C/C(=O)O)C(=O)O.[Cl-]. The number of ether oxygens (including phenoxy) is 1. The summed E-state index contributed by atoms with van der Waals surface area (Å²) >= 11 is 0. The van der Waals surface area contributed by atoms with Crippen LogP contribution in [0, 0.1) is 0 Å². The lowest BCUT2D eigenvalue weighted by Crippen LogP contribution is -3.00. The summed E-state index contributed by atoms with van der Waals surface area (Å²) in [6.07, 6.45) is 0.540. The quantitative estimate of drug-likeness (QED) is 0.295. The molecule has 0 spiro atoms. The molecule has 0 rings (SSSR count). The molecule has 0 saturated heterocycles. The fraction of sp³-hybridized carbons (Fsp3) is 0.556. The van der Waals surface area contributed by atoms with Crippen molar-refractivity contribution in [2.45, 2.75) is 0 Å². The predicted octanol–water partition coefficient (Wildman–Crippen LogP) is -3.23. The number of quaternary nitrogens is 1. The van der Waals surface area contributed by atoms with Crippen molar-refractivity contribution in [1.29, 1.82) is 0 Å². The van der Waals surface area contributed by atoms with Crippen molar-refractivity contribution < 1.29 is 41.4 Å². The first-order valence-electron chi connectivity index (χ1n) is 4.33. The number of rotatable bonds is 6. The van der Waals surface area contributed by atoms with E-state index < -0.39 is 17.7 Å². The molecule has 0 bridgehead atoms. The lowest BCUT2D eigenvalue weighted by atomic mass is 10.4. The van der Waals surface area contributed by atoms with Crippen molar-refractivity contribution in [2.75, 3.05) is 34.3 Å². The zero-order valence-corrected chi connectivity index (χ0v) is 10.2. The van der Waals surface area contributed by atoms with E-state index in [1.54, 1.807) is 0 Å². The number of nitrogens with zero attached hydrogens (tertiary/aromatic N) is 1. The number of hydrogen-bond donors (Lipinski definition) is 2. The van der Waals surface area contributed by atoms with Crippen LogP contribution in [0.15, 0.2) is 11.8 Å². The first kappa shape index (κ1) is 17.1. The van der Waals surface area contributed by atoms with Gasteiger partial charge in [0.15, 0.2) is 0 Å². The van der Waals surface area contributed by atoms with E-state index in [9.17, 15) is 9.59 Å². The highest BCUT2D eigenvalue weighted by atomic mass is 35.5. The van der Waals surface area contributed by atoms with E-state index in [4.69, 9.17) is 14.9 Å². The number of hydrogen-bond acceptors (Lipinski definition) is 3. The van der Waals surface area contributed by atoms with Crippen LogP contribution in [-0.2, 0) is 14.3 Å². The Hall–Kier alpha value is -1.27. The molecule has 6 nitrogen and oxygen atoms in total. The first-order valence-corrected chi connectivity index (χ1v) is 4.33. The number of carboxylic acid groups (broad SMARTS) is 2. The molecule has 0 aliphatic heterocycles. The molecule has 0 atom stereocenters. The molecule has 7 heteroatoms. The average molecular weight is 254 g/mol. The summed E-state index contributed by atoms with van der Waals surface area (Å²) in [6, 6.07) is 0. The second-order valence-corrected chi connectivity index (χ2v) is 4.01. The molecule has 0 aliphatic carbocycles. The molecule has 0 aromatic rings. The van der Waals surface area contributed by atoms with Crippen LogP contribution in [0.25, 0.3) is 0 Å². The molecule has 16 heavy (non-hydrogen) atoms. The molecule has 0 aromatic heterocycles. The van der Waals surface area contributed by atoms with Gasteiger partial charge in [-0.3, -0.25) is 0 Å². The number of likely N-dealkylation sites (N-methyl/N-ethyl adjacent to an activating group) is 1. The molecular weight excluding hydrogens is 238 g/mol. The van der Waals surface area contributed by atoms with E-state index in [-0.39, 0.29) is 19.0 Å². The van der Waals surface area contributed by atoms with E-state index in [1.165, 1.54) is 0 Å². The van der Waals surface area contributed by atoms with Crippen molar-refractivity contribution in [1.82, 2.24) is 0 Å². The van der Waals surface area contributed by atoms with Crippen LogP contribution in [0.1, 0.15) is 0 Å². The summed E-state index contributed by atoms with van der Waals surface area (Å²) in [7, 11) is 5.76. The van der Waals surface area contributed by atoms with Crippen LogP contribution in [0.4, 0.5) is 0 Å². The number of carbonyl (C=O) groups is 2. The molecule has 94 valence electrons. The van der Waals surface area contributed by atoms with Gasteiger partial charge in [-0.05, 0) is 0 Å². The first-order chi connectivity index (χ1) is 6.72. The molecule has 0 heterocycles. The maximum absolute atomic E-state index is 10.5. The molecule has 0 aliphatic rings. The summed E-state index contributed by atoms with van der Waals surface area (Å²) in [5.41, 5.74) is 0. The number of carboxylic acids is 2. The molecule has 0 saturated carbocycles. The Bertz CT molecular complexity index is 282. The van der Waals surface area contributed by atoms with E-state index in [0.717, 1.165) is 0 Å². The molecule has 0 unspecified atom stereocenters. The highest BCUT2D eigenvalue weighted by Gasteiger charge is 2.13. The Labute approximate surface area is 100 Å². The van der Waals surface area contributed by atoms with Gasteiger partial charge in [-0.1, -0.05) is 0 Å². The van der Waals surface area contributed by atoms with E-state index >= 15 is 0 Å². The molecule has 0 aromatic carbocycles. The summed E-state index contributed by atoms with van der Waals surface area (Å²) in [5, 5.41) is 17.0. The van der Waals surface area contributed by atoms with Gasteiger partial charge in [0.25, 0.3) is 0 Å². The minimum atomic E-state index is -1.38. The van der Waals surface area contributed by atoms with Gasteiger partial charge in [-0.15, -0.1) is 0 Å². The topological polar surface area (TPSA) is 83.8 Å². The van der Waals surface area contributed by atoms with Crippen molar-refractivity contribution >= 4 is 11.9 Å². The van der Waals surface area contributed by atoms with Crippen molar-refractivity contribution in [3.05, 3.63) is 11.8 Å². The largest absolute Gasteiger partial charge is 1.00 e. The third kappa shape index (κ3) is 9.29. The Morgan fingerprint density at radius 1 is 1.25 bits per heavy atom. The van der Waals surface area contributed by atoms with E-state index in [0.29, 0.717) is 17.1 Å². The summed E-state index contributed by atoms with van der Waals surface area (Å²) in [6.45, 7) is 0.749. The van der Waals surface area contributed by atoms with Crippen molar-refractivity contribution in [2.24, 2.45) is 0 Å². The standard InChI is InChI=1S/C9H15NO5.ClH/c1-10(2,3)4-5-15-7(9(13)14)6-8(11)12;/h6H,4-5H2,1-3H3,(H-,11,12,13,14);1H/b7-6+;. The lowest BCUT2D eigenvalue weighted by molar-refractivity contribution is -0.870. The van der Waals surface area contributed by atoms with Crippen molar-refractivity contribution in [3.63, 3.8) is 0 Å². The zero-order valence-electron chi connectivity index (χ0n) is 9.44. The van der Waals surface area contributed by atoms with Gasteiger partial charge < -0.3 is 31.8 Å². The van der Waals surface area contributed by atoms with Crippen LogP contribution in [0.2, 0.25) is 0 Å². The fourth-order valence-corrected chi connectivity index (χ4v) is 0.707. The maximum Gasteiger partial charge on any atom is 0.371 e. The van der Waals surface area contributed by atoms with Crippen LogP contribution < -0.4 is 12.4 Å². The van der Waals surface area contributed by atoms with Gasteiger partial charge in [0.2, 0.25) is 5.76 Å². The van der Waals surface area contributed by atoms with Gasteiger partial charge >= 0.3 is 11.9 Å². The maximum atomic E-state index is 10.5. The average Bonchev–Trinajstić information content (AvgIpc) is 1.99. The number of aliphatic carboxylic acids is 2. The van der Waals surface area contributed by atoms with Crippen LogP contribution in [-0.4, -0.2) is 60.9 Å². The van der Waals surface area contributed by atoms with Crippen LogP contribution in [0.5, 0.6) is 0 Å².